The second kappa shape index (κ2) is 8.00. The Balaban J connectivity index is 1.64. The lowest BCUT2D eigenvalue weighted by atomic mass is 10.1. The van der Waals surface area contributed by atoms with Gasteiger partial charge >= 0.3 is 0 Å². The first-order chi connectivity index (χ1) is 10.2. The lowest BCUT2D eigenvalue weighted by Crippen LogP contribution is -2.44. The third-order valence-electron chi connectivity index (χ3n) is 3.89. The van der Waals surface area contributed by atoms with Gasteiger partial charge in [0.1, 0.15) is 5.75 Å². The third kappa shape index (κ3) is 5.36. The molecule has 0 aliphatic carbocycles. The van der Waals surface area contributed by atoms with E-state index in [-0.39, 0.29) is 5.91 Å². The Morgan fingerprint density at radius 3 is 2.62 bits per heavy atom. The molecule has 1 aliphatic heterocycles. The predicted octanol–water partition coefficient (Wildman–Crippen LogP) is 0.777. The van der Waals surface area contributed by atoms with Crippen LogP contribution < -0.4 is 15.8 Å². The summed E-state index contributed by atoms with van der Waals surface area (Å²) in [7, 11) is 1.66. The number of benzene rings is 1. The van der Waals surface area contributed by atoms with Gasteiger partial charge in [0.05, 0.1) is 13.7 Å². The first kappa shape index (κ1) is 15.8. The van der Waals surface area contributed by atoms with E-state index in [0.29, 0.717) is 19.1 Å². The molecule has 5 heteroatoms. The zero-order chi connectivity index (χ0) is 15.1. The van der Waals surface area contributed by atoms with Crippen molar-refractivity contribution >= 4 is 5.91 Å². The number of likely N-dealkylation sites (tertiary alicyclic amines) is 1. The Morgan fingerprint density at radius 1 is 1.33 bits per heavy atom. The minimum absolute atomic E-state index is 0.0963. The zero-order valence-electron chi connectivity index (χ0n) is 12.7. The molecule has 0 saturated carbocycles. The summed E-state index contributed by atoms with van der Waals surface area (Å²) >= 11 is 0. The lowest BCUT2D eigenvalue weighted by molar-refractivity contribution is -0.122. The molecule has 1 aromatic carbocycles. The van der Waals surface area contributed by atoms with Gasteiger partial charge in [0.2, 0.25) is 5.91 Å². The molecular weight excluding hydrogens is 266 g/mol. The predicted molar refractivity (Wildman–Crippen MR) is 83.4 cm³/mol. The summed E-state index contributed by atoms with van der Waals surface area (Å²) in [5.74, 6) is 0.949. The van der Waals surface area contributed by atoms with Gasteiger partial charge in [0, 0.05) is 25.7 Å². The summed E-state index contributed by atoms with van der Waals surface area (Å²) in [5.41, 5.74) is 7.05. The van der Waals surface area contributed by atoms with Crippen LogP contribution in [0.4, 0.5) is 0 Å². The standard InChI is InChI=1S/C16H25N3O2/c1-21-15-4-2-13(3-5-15)6-9-18-16(20)12-19-10-7-14(17)8-11-19/h2-5,14H,6-12,17H2,1H3,(H,18,20). The molecule has 0 radical (unpaired) electrons. The maximum atomic E-state index is 11.9. The molecule has 116 valence electrons. The Morgan fingerprint density at radius 2 is 2.00 bits per heavy atom. The molecule has 0 bridgehead atoms. The highest BCUT2D eigenvalue weighted by Crippen LogP contribution is 2.11. The lowest BCUT2D eigenvalue weighted by Gasteiger charge is -2.29. The summed E-state index contributed by atoms with van der Waals surface area (Å²) in [6, 6.07) is 8.23. The molecule has 1 heterocycles. The van der Waals surface area contributed by atoms with Crippen molar-refractivity contribution < 1.29 is 9.53 Å². The van der Waals surface area contributed by atoms with E-state index < -0.39 is 0 Å². The smallest absolute Gasteiger partial charge is 0.234 e. The fourth-order valence-corrected chi connectivity index (χ4v) is 2.51. The van der Waals surface area contributed by atoms with Crippen LogP contribution in [0.5, 0.6) is 5.75 Å². The van der Waals surface area contributed by atoms with Crippen molar-refractivity contribution in [1.29, 1.82) is 0 Å². The van der Waals surface area contributed by atoms with Gasteiger partial charge in [-0.1, -0.05) is 12.1 Å². The number of nitrogens with two attached hydrogens (primary N) is 1. The van der Waals surface area contributed by atoms with Gasteiger partial charge in [-0.15, -0.1) is 0 Å². The zero-order valence-corrected chi connectivity index (χ0v) is 12.7. The van der Waals surface area contributed by atoms with Gasteiger partial charge in [-0.05, 0) is 37.0 Å². The number of hydrogen-bond donors (Lipinski definition) is 2. The highest BCUT2D eigenvalue weighted by Gasteiger charge is 2.17. The van der Waals surface area contributed by atoms with Crippen molar-refractivity contribution in [2.24, 2.45) is 5.73 Å². The van der Waals surface area contributed by atoms with Crippen LogP contribution in [-0.2, 0) is 11.2 Å². The summed E-state index contributed by atoms with van der Waals surface area (Å²) in [6.07, 6.45) is 2.80. The van der Waals surface area contributed by atoms with Gasteiger partial charge in [-0.25, -0.2) is 0 Å². The van der Waals surface area contributed by atoms with E-state index in [9.17, 15) is 4.79 Å². The first-order valence-corrected chi connectivity index (χ1v) is 7.55. The van der Waals surface area contributed by atoms with Gasteiger partial charge < -0.3 is 15.8 Å². The maximum Gasteiger partial charge on any atom is 0.234 e. The van der Waals surface area contributed by atoms with Crippen molar-refractivity contribution in [2.75, 3.05) is 33.3 Å². The second-order valence-electron chi connectivity index (χ2n) is 5.56. The number of ether oxygens (including phenoxy) is 1. The number of amides is 1. The van der Waals surface area contributed by atoms with Crippen molar-refractivity contribution in [1.82, 2.24) is 10.2 Å². The van der Waals surface area contributed by atoms with Gasteiger partial charge in [-0.2, -0.15) is 0 Å². The fourth-order valence-electron chi connectivity index (χ4n) is 2.51. The van der Waals surface area contributed by atoms with Crippen molar-refractivity contribution in [3.05, 3.63) is 29.8 Å². The van der Waals surface area contributed by atoms with Crippen molar-refractivity contribution in [3.8, 4) is 5.75 Å². The summed E-state index contributed by atoms with van der Waals surface area (Å²) in [4.78, 5) is 14.1. The van der Waals surface area contributed by atoms with Crippen LogP contribution in [-0.4, -0.2) is 50.1 Å². The van der Waals surface area contributed by atoms with E-state index >= 15 is 0 Å². The molecule has 2 rings (SSSR count). The molecule has 1 aliphatic rings. The number of carbonyl (C=O) groups excluding carboxylic acids is 1. The minimum Gasteiger partial charge on any atom is -0.497 e. The number of methoxy groups -OCH3 is 1. The van der Waals surface area contributed by atoms with E-state index in [1.165, 1.54) is 5.56 Å². The molecule has 1 saturated heterocycles. The molecule has 1 aromatic rings. The van der Waals surface area contributed by atoms with Crippen LogP contribution in [0.1, 0.15) is 18.4 Å². The Hall–Kier alpha value is -1.59. The molecule has 5 nitrogen and oxygen atoms in total. The average Bonchev–Trinajstić information content (AvgIpc) is 2.50. The molecule has 1 fully saturated rings. The van der Waals surface area contributed by atoms with Crippen LogP contribution in [0.3, 0.4) is 0 Å². The topological polar surface area (TPSA) is 67.6 Å². The molecule has 3 N–H and O–H groups in total. The summed E-state index contributed by atoms with van der Waals surface area (Å²) in [5, 5.41) is 2.98. The number of hydrogen-bond acceptors (Lipinski definition) is 4. The van der Waals surface area contributed by atoms with Crippen LogP contribution in [0.2, 0.25) is 0 Å². The highest BCUT2D eigenvalue weighted by molar-refractivity contribution is 5.78. The normalized spacial score (nSPS) is 16.7. The number of rotatable bonds is 6. The number of nitrogens with one attached hydrogen (secondary N) is 1. The third-order valence-corrected chi connectivity index (χ3v) is 3.89. The van der Waals surface area contributed by atoms with Crippen molar-refractivity contribution in [2.45, 2.75) is 25.3 Å². The Labute approximate surface area is 126 Å². The average molecular weight is 291 g/mol. The monoisotopic (exact) mass is 291 g/mol. The molecule has 21 heavy (non-hydrogen) atoms. The molecule has 0 spiro atoms. The Kier molecular flexibility index (Phi) is 6.02. The van der Waals surface area contributed by atoms with Crippen LogP contribution in [0.25, 0.3) is 0 Å². The van der Waals surface area contributed by atoms with Crippen LogP contribution in [0, 0.1) is 0 Å². The van der Waals surface area contributed by atoms with E-state index in [0.717, 1.165) is 38.1 Å². The van der Waals surface area contributed by atoms with Gasteiger partial charge in [0.25, 0.3) is 0 Å². The van der Waals surface area contributed by atoms with Crippen LogP contribution in [0.15, 0.2) is 24.3 Å². The fraction of sp³-hybridized carbons (Fsp3) is 0.562. The SMILES string of the molecule is COc1ccc(CCNC(=O)CN2CCC(N)CC2)cc1. The molecule has 0 aromatic heterocycles. The molecule has 1 amide bonds. The number of nitrogens with zero attached hydrogens (tertiary/aromatic N) is 1. The number of piperidine rings is 1. The number of carbonyl (C=O) groups is 1. The quantitative estimate of drug-likeness (QED) is 0.813. The Bertz CT molecular complexity index is 439. The summed E-state index contributed by atoms with van der Waals surface area (Å²) < 4.78 is 5.12. The van der Waals surface area contributed by atoms with Crippen molar-refractivity contribution in [3.63, 3.8) is 0 Å². The first-order valence-electron chi connectivity index (χ1n) is 7.55. The highest BCUT2D eigenvalue weighted by atomic mass is 16.5. The molecular formula is C16H25N3O2. The van der Waals surface area contributed by atoms with E-state index in [4.69, 9.17) is 10.5 Å². The van der Waals surface area contributed by atoms with E-state index in [1.807, 2.05) is 24.3 Å². The largest absolute Gasteiger partial charge is 0.497 e. The van der Waals surface area contributed by atoms with Gasteiger partial charge in [0.15, 0.2) is 0 Å². The van der Waals surface area contributed by atoms with E-state index in [2.05, 4.69) is 10.2 Å². The maximum absolute atomic E-state index is 11.9. The van der Waals surface area contributed by atoms with E-state index in [1.54, 1.807) is 7.11 Å². The van der Waals surface area contributed by atoms with Crippen LogP contribution >= 0.6 is 0 Å². The minimum atomic E-state index is 0.0963. The summed E-state index contributed by atoms with van der Waals surface area (Å²) in [6.45, 7) is 2.99. The van der Waals surface area contributed by atoms with Gasteiger partial charge in [-0.3, -0.25) is 9.69 Å². The second-order valence-corrected chi connectivity index (χ2v) is 5.56. The molecule has 0 unspecified atom stereocenters. The molecule has 0 atom stereocenters.